The molecule has 33 heavy (non-hydrogen) atoms. The molecule has 0 aliphatic rings. The van der Waals surface area contributed by atoms with Crippen molar-refractivity contribution in [2.45, 2.75) is 51.2 Å². The van der Waals surface area contributed by atoms with Gasteiger partial charge in [0.2, 0.25) is 5.54 Å². The molecule has 1 atom stereocenters. The predicted molar refractivity (Wildman–Crippen MR) is 123 cm³/mol. The first-order valence-corrected chi connectivity index (χ1v) is 10.7. The zero-order valence-electron chi connectivity index (χ0n) is 19.1. The zero-order chi connectivity index (χ0) is 24.6. The van der Waals surface area contributed by atoms with Gasteiger partial charge in [0.25, 0.3) is 5.91 Å². The van der Waals surface area contributed by atoms with E-state index in [0.29, 0.717) is 29.5 Å². The fourth-order valence-corrected chi connectivity index (χ4v) is 3.03. The molecule has 0 bridgehead atoms. The van der Waals surface area contributed by atoms with E-state index in [1.807, 2.05) is 6.07 Å². The summed E-state index contributed by atoms with van der Waals surface area (Å²) in [5.41, 5.74) is 4.26. The van der Waals surface area contributed by atoms with Crippen LogP contribution in [0.5, 0.6) is 0 Å². The van der Waals surface area contributed by atoms with Crippen molar-refractivity contribution < 1.29 is 29.0 Å². The summed E-state index contributed by atoms with van der Waals surface area (Å²) < 4.78 is 5.13. The van der Waals surface area contributed by atoms with E-state index in [4.69, 9.17) is 10.5 Å². The Morgan fingerprint density at radius 3 is 1.97 bits per heavy atom. The molecule has 0 aromatic heterocycles. The van der Waals surface area contributed by atoms with Gasteiger partial charge in [-0.1, -0.05) is 42.5 Å². The second-order valence-electron chi connectivity index (χ2n) is 8.76. The Kier molecular flexibility index (Phi) is 8.48. The van der Waals surface area contributed by atoms with Crippen molar-refractivity contribution in [1.82, 2.24) is 5.32 Å². The molecule has 2 aromatic rings. The quantitative estimate of drug-likeness (QED) is 0.217. The molecular formula is C25H30N2O6. The number of hydrogen-bond acceptors (Lipinski definition) is 6. The smallest absolute Gasteiger partial charge is 0.338 e. The topological polar surface area (TPSA) is 136 Å². The Balaban J connectivity index is 1.84. The van der Waals surface area contributed by atoms with Crippen LogP contribution in [0.3, 0.4) is 0 Å². The maximum absolute atomic E-state index is 12.4. The Labute approximate surface area is 193 Å². The van der Waals surface area contributed by atoms with Crippen LogP contribution >= 0.6 is 0 Å². The van der Waals surface area contributed by atoms with Gasteiger partial charge in [-0.15, -0.1) is 0 Å². The summed E-state index contributed by atoms with van der Waals surface area (Å²) >= 11 is 0. The number of hydrogen-bond donors (Lipinski definition) is 3. The van der Waals surface area contributed by atoms with E-state index in [2.05, 4.69) is 5.32 Å². The van der Waals surface area contributed by atoms with Crippen LogP contribution in [0.2, 0.25) is 0 Å². The maximum Gasteiger partial charge on any atom is 0.338 e. The molecule has 1 unspecified atom stereocenters. The van der Waals surface area contributed by atoms with Gasteiger partial charge in [0.15, 0.2) is 5.78 Å². The normalized spacial score (nSPS) is 13.0. The van der Waals surface area contributed by atoms with Crippen molar-refractivity contribution in [3.8, 4) is 0 Å². The predicted octanol–water partition coefficient (Wildman–Crippen LogP) is 2.94. The lowest BCUT2D eigenvalue weighted by Crippen LogP contribution is -2.57. The van der Waals surface area contributed by atoms with Gasteiger partial charge in [-0.2, -0.15) is 0 Å². The van der Waals surface area contributed by atoms with Crippen molar-refractivity contribution in [3.63, 3.8) is 0 Å². The molecule has 0 fully saturated rings. The molecule has 0 spiro atoms. The van der Waals surface area contributed by atoms with E-state index in [0.717, 1.165) is 0 Å². The highest BCUT2D eigenvalue weighted by atomic mass is 16.6. The highest BCUT2D eigenvalue weighted by Crippen LogP contribution is 2.19. The first-order chi connectivity index (χ1) is 15.4. The number of ketones is 1. The van der Waals surface area contributed by atoms with Gasteiger partial charge < -0.3 is 20.9 Å². The van der Waals surface area contributed by atoms with Crippen molar-refractivity contribution in [3.05, 3.63) is 71.3 Å². The SMILES string of the molecule is CC(C)(C)OC(=O)C(N)(CCCCNC(=O)c1ccc(C(=O)c2ccccc2)cc1)C(=O)O. The fourth-order valence-electron chi connectivity index (χ4n) is 3.03. The molecule has 4 N–H and O–H groups in total. The number of nitrogens with one attached hydrogen (secondary N) is 1. The molecule has 0 saturated heterocycles. The van der Waals surface area contributed by atoms with Crippen molar-refractivity contribution in [2.75, 3.05) is 6.54 Å². The molecule has 0 heterocycles. The number of ether oxygens (including phenoxy) is 1. The minimum absolute atomic E-state index is 0.122. The summed E-state index contributed by atoms with van der Waals surface area (Å²) in [6.45, 7) is 5.17. The third kappa shape index (κ3) is 7.25. The highest BCUT2D eigenvalue weighted by Gasteiger charge is 2.44. The van der Waals surface area contributed by atoms with Crippen LogP contribution in [0, 0.1) is 0 Å². The molecule has 1 amide bonds. The molecule has 176 valence electrons. The number of unbranched alkanes of at least 4 members (excludes halogenated alkanes) is 1. The summed E-state index contributed by atoms with van der Waals surface area (Å²) in [5, 5.41) is 12.1. The number of esters is 1. The Morgan fingerprint density at radius 1 is 0.879 bits per heavy atom. The van der Waals surface area contributed by atoms with Crippen LogP contribution in [0.25, 0.3) is 0 Å². The number of amides is 1. The van der Waals surface area contributed by atoms with Gasteiger partial charge in [-0.05, 0) is 52.2 Å². The number of aliphatic carboxylic acids is 1. The lowest BCUT2D eigenvalue weighted by atomic mass is 9.93. The first kappa shape index (κ1) is 25.7. The molecule has 8 heteroatoms. The van der Waals surface area contributed by atoms with E-state index in [1.165, 1.54) is 0 Å². The van der Waals surface area contributed by atoms with E-state index in [1.54, 1.807) is 69.3 Å². The number of nitrogens with two attached hydrogens (primary N) is 1. The van der Waals surface area contributed by atoms with Crippen LogP contribution < -0.4 is 11.1 Å². The van der Waals surface area contributed by atoms with E-state index in [-0.39, 0.29) is 24.7 Å². The number of benzene rings is 2. The van der Waals surface area contributed by atoms with Crippen LogP contribution in [-0.2, 0) is 14.3 Å². The molecule has 0 aliphatic heterocycles. The van der Waals surface area contributed by atoms with Crippen LogP contribution in [0.1, 0.15) is 66.3 Å². The monoisotopic (exact) mass is 454 g/mol. The zero-order valence-corrected chi connectivity index (χ0v) is 19.1. The van der Waals surface area contributed by atoms with Gasteiger partial charge in [-0.3, -0.25) is 9.59 Å². The van der Waals surface area contributed by atoms with Gasteiger partial charge in [0.05, 0.1) is 0 Å². The third-order valence-corrected chi connectivity index (χ3v) is 4.87. The molecule has 0 radical (unpaired) electrons. The first-order valence-electron chi connectivity index (χ1n) is 10.7. The minimum Gasteiger partial charge on any atom is -0.479 e. The number of carboxylic acid groups (broad SMARTS) is 1. The standard InChI is InChI=1S/C25H30N2O6/c1-24(2,3)33-23(32)25(26,22(30)31)15-7-8-16-27-21(29)19-13-11-18(12-14-19)20(28)17-9-5-4-6-10-17/h4-6,9-14H,7-8,15-16,26H2,1-3H3,(H,27,29)(H,30,31). The lowest BCUT2D eigenvalue weighted by Gasteiger charge is -2.28. The summed E-state index contributed by atoms with van der Waals surface area (Å²) in [7, 11) is 0. The molecule has 2 rings (SSSR count). The second-order valence-corrected chi connectivity index (χ2v) is 8.76. The Morgan fingerprint density at radius 2 is 1.42 bits per heavy atom. The van der Waals surface area contributed by atoms with Crippen molar-refractivity contribution in [2.24, 2.45) is 5.73 Å². The molecule has 0 saturated carbocycles. The van der Waals surface area contributed by atoms with Gasteiger partial charge >= 0.3 is 11.9 Å². The van der Waals surface area contributed by atoms with E-state index in [9.17, 15) is 24.3 Å². The summed E-state index contributed by atoms with van der Waals surface area (Å²) in [5.74, 6) is -2.89. The molecular weight excluding hydrogens is 424 g/mol. The average molecular weight is 455 g/mol. The van der Waals surface area contributed by atoms with E-state index < -0.39 is 23.1 Å². The third-order valence-electron chi connectivity index (χ3n) is 4.87. The van der Waals surface area contributed by atoms with E-state index >= 15 is 0 Å². The van der Waals surface area contributed by atoms with Crippen LogP contribution in [0.4, 0.5) is 0 Å². The second kappa shape index (κ2) is 10.9. The number of carbonyl (C=O) groups excluding carboxylic acids is 3. The van der Waals surface area contributed by atoms with Crippen molar-refractivity contribution >= 4 is 23.6 Å². The van der Waals surface area contributed by atoms with Gasteiger partial charge in [-0.25, -0.2) is 9.59 Å². The fraction of sp³-hybridized carbons (Fsp3) is 0.360. The summed E-state index contributed by atoms with van der Waals surface area (Å²) in [6, 6.07) is 15.2. The summed E-state index contributed by atoms with van der Waals surface area (Å²) in [4.78, 5) is 48.6. The number of rotatable bonds is 10. The maximum atomic E-state index is 12.4. The Hall–Kier alpha value is -3.52. The molecule has 8 nitrogen and oxygen atoms in total. The molecule has 0 aliphatic carbocycles. The average Bonchev–Trinajstić information content (AvgIpc) is 2.77. The minimum atomic E-state index is -2.14. The number of carboxylic acids is 1. The lowest BCUT2D eigenvalue weighted by molar-refractivity contribution is -0.169. The van der Waals surface area contributed by atoms with Crippen LogP contribution in [0.15, 0.2) is 54.6 Å². The van der Waals surface area contributed by atoms with Gasteiger partial charge in [0.1, 0.15) is 5.60 Å². The number of carbonyl (C=O) groups is 4. The largest absolute Gasteiger partial charge is 0.479 e. The highest BCUT2D eigenvalue weighted by molar-refractivity contribution is 6.09. The Bertz CT molecular complexity index is 996. The molecule has 2 aromatic carbocycles. The van der Waals surface area contributed by atoms with Gasteiger partial charge in [0, 0.05) is 23.2 Å². The summed E-state index contributed by atoms with van der Waals surface area (Å²) in [6.07, 6.45) is 0.599. The van der Waals surface area contributed by atoms with Crippen molar-refractivity contribution in [1.29, 1.82) is 0 Å². The van der Waals surface area contributed by atoms with Crippen LogP contribution in [-0.4, -0.2) is 46.4 Å².